The number of rotatable bonds is 6. The van der Waals surface area contributed by atoms with Gasteiger partial charge in [-0.1, -0.05) is 48.5 Å². The van der Waals surface area contributed by atoms with Crippen LogP contribution in [0.1, 0.15) is 5.56 Å². The molecule has 3 aromatic rings. The zero-order valence-corrected chi connectivity index (χ0v) is 16.6. The Morgan fingerprint density at radius 2 is 1.30 bits per heavy atom. The predicted octanol–water partition coefficient (Wildman–Crippen LogP) is 4.10. The molecular weight excluding hydrogens is 380 g/mol. The molecule has 0 unspecified atom stereocenters. The lowest BCUT2D eigenvalue weighted by Gasteiger charge is -2.15. The molecule has 1 N–H and O–H groups in total. The molecule has 6 nitrogen and oxygen atoms in total. The molecular formula is C24H20N2O4. The van der Waals surface area contributed by atoms with Crippen molar-refractivity contribution in [2.75, 3.05) is 24.4 Å². The van der Waals surface area contributed by atoms with Gasteiger partial charge in [0, 0.05) is 5.56 Å². The van der Waals surface area contributed by atoms with E-state index in [0.717, 1.165) is 0 Å². The fourth-order valence-electron chi connectivity index (χ4n) is 3.44. The van der Waals surface area contributed by atoms with Crippen molar-refractivity contribution in [2.24, 2.45) is 0 Å². The van der Waals surface area contributed by atoms with Crippen LogP contribution in [0.3, 0.4) is 0 Å². The highest BCUT2D eigenvalue weighted by atomic mass is 16.5. The van der Waals surface area contributed by atoms with Gasteiger partial charge in [0.2, 0.25) is 0 Å². The maximum absolute atomic E-state index is 13.5. The van der Waals surface area contributed by atoms with Gasteiger partial charge in [-0.2, -0.15) is 0 Å². The Hall–Kier alpha value is -4.06. The summed E-state index contributed by atoms with van der Waals surface area (Å²) in [5, 5.41) is 3.13. The van der Waals surface area contributed by atoms with Crippen LogP contribution in [0.5, 0.6) is 11.5 Å². The fourth-order valence-corrected chi connectivity index (χ4v) is 3.44. The van der Waals surface area contributed by atoms with Gasteiger partial charge in [0.25, 0.3) is 11.8 Å². The molecule has 2 amide bonds. The van der Waals surface area contributed by atoms with Gasteiger partial charge in [-0.15, -0.1) is 0 Å². The molecule has 0 atom stereocenters. The average Bonchev–Trinajstić information content (AvgIpc) is 3.03. The third-order valence-corrected chi connectivity index (χ3v) is 4.84. The van der Waals surface area contributed by atoms with Gasteiger partial charge < -0.3 is 14.8 Å². The van der Waals surface area contributed by atoms with E-state index in [0.29, 0.717) is 28.4 Å². The Labute approximate surface area is 174 Å². The first-order chi connectivity index (χ1) is 14.7. The van der Waals surface area contributed by atoms with Crippen LogP contribution in [0.25, 0.3) is 5.57 Å². The number of hydrogen-bond acceptors (Lipinski definition) is 5. The monoisotopic (exact) mass is 400 g/mol. The smallest absolute Gasteiger partial charge is 0.282 e. The minimum atomic E-state index is -0.446. The molecule has 1 aliphatic heterocycles. The van der Waals surface area contributed by atoms with E-state index >= 15 is 0 Å². The maximum atomic E-state index is 13.5. The average molecular weight is 400 g/mol. The second-order valence-corrected chi connectivity index (χ2v) is 6.56. The molecule has 30 heavy (non-hydrogen) atoms. The number of nitrogens with zero attached hydrogens (tertiary/aromatic N) is 1. The van der Waals surface area contributed by atoms with E-state index in [1.165, 1.54) is 12.0 Å². The Kier molecular flexibility index (Phi) is 5.22. The van der Waals surface area contributed by atoms with Crippen LogP contribution in [0.15, 0.2) is 84.6 Å². The van der Waals surface area contributed by atoms with E-state index in [1.54, 1.807) is 61.7 Å². The summed E-state index contributed by atoms with van der Waals surface area (Å²) >= 11 is 0. The largest absolute Gasteiger partial charge is 0.496 e. The van der Waals surface area contributed by atoms with E-state index in [1.807, 2.05) is 24.3 Å². The number of nitrogens with one attached hydrogen (secondary N) is 1. The first kappa shape index (κ1) is 19.3. The highest BCUT2D eigenvalue weighted by Gasteiger charge is 2.41. The molecule has 0 fully saturated rings. The first-order valence-corrected chi connectivity index (χ1v) is 9.37. The molecule has 6 heteroatoms. The third kappa shape index (κ3) is 3.28. The lowest BCUT2D eigenvalue weighted by molar-refractivity contribution is -0.120. The van der Waals surface area contributed by atoms with Crippen molar-refractivity contribution in [3.63, 3.8) is 0 Å². The lowest BCUT2D eigenvalue weighted by atomic mass is 10.0. The molecule has 0 aromatic heterocycles. The minimum absolute atomic E-state index is 0.165. The van der Waals surface area contributed by atoms with Gasteiger partial charge in [0.15, 0.2) is 0 Å². The van der Waals surface area contributed by atoms with Crippen molar-refractivity contribution in [1.82, 2.24) is 0 Å². The van der Waals surface area contributed by atoms with Crippen molar-refractivity contribution < 1.29 is 19.1 Å². The highest BCUT2D eigenvalue weighted by molar-refractivity contribution is 6.46. The summed E-state index contributed by atoms with van der Waals surface area (Å²) in [7, 11) is 3.08. The Morgan fingerprint density at radius 3 is 2.00 bits per heavy atom. The predicted molar refractivity (Wildman–Crippen MR) is 115 cm³/mol. The molecule has 0 aliphatic carbocycles. The minimum Gasteiger partial charge on any atom is -0.496 e. The van der Waals surface area contributed by atoms with Crippen molar-refractivity contribution in [3.05, 3.63) is 90.1 Å². The number of methoxy groups -OCH3 is 2. The molecule has 150 valence electrons. The van der Waals surface area contributed by atoms with Gasteiger partial charge >= 0.3 is 0 Å². The summed E-state index contributed by atoms with van der Waals surface area (Å²) in [6, 6.07) is 23.2. The molecule has 3 aromatic carbocycles. The third-order valence-electron chi connectivity index (χ3n) is 4.84. The summed E-state index contributed by atoms with van der Waals surface area (Å²) in [4.78, 5) is 28.0. The number of carbonyl (C=O) groups excluding carboxylic acids is 2. The van der Waals surface area contributed by atoms with E-state index in [4.69, 9.17) is 9.47 Å². The van der Waals surface area contributed by atoms with E-state index in [9.17, 15) is 9.59 Å². The number of amides is 2. The number of anilines is 2. The Bertz CT molecular complexity index is 1140. The van der Waals surface area contributed by atoms with Gasteiger partial charge in [-0.3, -0.25) is 9.59 Å². The summed E-state index contributed by atoms with van der Waals surface area (Å²) in [5.74, 6) is 0.191. The van der Waals surface area contributed by atoms with Gasteiger partial charge in [-0.05, 0) is 30.3 Å². The second-order valence-electron chi connectivity index (χ2n) is 6.56. The molecule has 0 saturated heterocycles. The quantitative estimate of drug-likeness (QED) is 0.631. The summed E-state index contributed by atoms with van der Waals surface area (Å²) in [6.07, 6.45) is 0. The van der Waals surface area contributed by atoms with Crippen molar-refractivity contribution in [3.8, 4) is 11.5 Å². The van der Waals surface area contributed by atoms with Crippen LogP contribution in [0, 0.1) is 0 Å². The van der Waals surface area contributed by atoms with E-state index in [-0.39, 0.29) is 11.3 Å². The molecule has 0 saturated carbocycles. The van der Waals surface area contributed by atoms with Gasteiger partial charge in [0.1, 0.15) is 17.2 Å². The van der Waals surface area contributed by atoms with Crippen LogP contribution in [-0.2, 0) is 9.59 Å². The van der Waals surface area contributed by atoms with Gasteiger partial charge in [0.05, 0.1) is 31.2 Å². The van der Waals surface area contributed by atoms with Gasteiger partial charge in [-0.25, -0.2) is 4.90 Å². The normalized spacial score (nSPS) is 13.6. The number of hydrogen-bond donors (Lipinski definition) is 1. The highest BCUT2D eigenvalue weighted by Crippen LogP contribution is 2.38. The number of para-hydroxylation sites is 4. The zero-order valence-electron chi connectivity index (χ0n) is 16.6. The summed E-state index contributed by atoms with van der Waals surface area (Å²) in [5.41, 5.74) is 2.02. The second kappa shape index (κ2) is 8.13. The molecule has 0 radical (unpaired) electrons. The summed E-state index contributed by atoms with van der Waals surface area (Å²) in [6.45, 7) is 0. The lowest BCUT2D eigenvalue weighted by Crippen LogP contribution is -2.32. The fraction of sp³-hybridized carbons (Fsp3) is 0.0833. The molecule has 0 bridgehead atoms. The van der Waals surface area contributed by atoms with Crippen LogP contribution >= 0.6 is 0 Å². The van der Waals surface area contributed by atoms with Crippen LogP contribution in [0.2, 0.25) is 0 Å². The number of carbonyl (C=O) groups is 2. The number of benzene rings is 3. The molecule has 1 heterocycles. The SMILES string of the molecule is COc1ccccc1NC1=C(c2ccccc2OC)C(=O)N(c2ccccc2)C1=O. The number of imide groups is 1. The van der Waals surface area contributed by atoms with E-state index < -0.39 is 11.8 Å². The first-order valence-electron chi connectivity index (χ1n) is 9.37. The standard InChI is InChI=1S/C24H20N2O4/c1-29-19-14-8-6-12-17(19)21-22(25-18-13-7-9-15-20(18)30-2)24(28)26(23(21)27)16-10-4-3-5-11-16/h3-15,25H,1-2H3. The van der Waals surface area contributed by atoms with E-state index in [2.05, 4.69) is 5.32 Å². The van der Waals surface area contributed by atoms with Crippen molar-refractivity contribution >= 4 is 28.8 Å². The molecule has 4 rings (SSSR count). The van der Waals surface area contributed by atoms with Crippen LogP contribution in [0.4, 0.5) is 11.4 Å². The molecule has 1 aliphatic rings. The van der Waals surface area contributed by atoms with Crippen LogP contribution < -0.4 is 19.7 Å². The number of ether oxygens (including phenoxy) is 2. The Morgan fingerprint density at radius 1 is 0.700 bits per heavy atom. The Balaban J connectivity index is 1.88. The topological polar surface area (TPSA) is 67.9 Å². The zero-order chi connectivity index (χ0) is 21.1. The van der Waals surface area contributed by atoms with Crippen molar-refractivity contribution in [2.45, 2.75) is 0 Å². The van der Waals surface area contributed by atoms with Crippen molar-refractivity contribution in [1.29, 1.82) is 0 Å². The van der Waals surface area contributed by atoms with Crippen LogP contribution in [-0.4, -0.2) is 26.0 Å². The maximum Gasteiger partial charge on any atom is 0.282 e. The summed E-state index contributed by atoms with van der Waals surface area (Å²) < 4.78 is 10.9. The molecule has 0 spiro atoms.